The summed E-state index contributed by atoms with van der Waals surface area (Å²) in [5.74, 6) is 0.401. The van der Waals surface area contributed by atoms with Crippen LogP contribution in [-0.2, 0) is 0 Å². The molecule has 0 saturated carbocycles. The van der Waals surface area contributed by atoms with Gasteiger partial charge in [-0.05, 0) is 43.7 Å². The van der Waals surface area contributed by atoms with Crippen LogP contribution in [0.2, 0.25) is 6.04 Å². The van der Waals surface area contributed by atoms with Crippen molar-refractivity contribution in [3.8, 4) is 5.75 Å². The van der Waals surface area contributed by atoms with Gasteiger partial charge in [-0.1, -0.05) is 23.8 Å². The quantitative estimate of drug-likeness (QED) is 0.180. The molecule has 6 N–H and O–H groups in total. The van der Waals surface area contributed by atoms with Gasteiger partial charge >= 0.3 is 14.9 Å². The Bertz CT molecular complexity index is 1480. The Morgan fingerprint density at radius 2 is 1.53 bits per heavy atom. The lowest BCUT2D eigenvalue weighted by Crippen LogP contribution is -2.36. The van der Waals surface area contributed by atoms with Crippen LogP contribution in [0.5, 0.6) is 5.75 Å². The molecule has 164 valence electrons. The van der Waals surface area contributed by atoms with Crippen molar-refractivity contribution in [3.05, 3.63) is 54.1 Å². The zero-order valence-corrected chi connectivity index (χ0v) is 18.4. The van der Waals surface area contributed by atoms with E-state index in [9.17, 15) is 4.79 Å². The van der Waals surface area contributed by atoms with Gasteiger partial charge in [-0.25, -0.2) is 4.79 Å². The molecule has 0 atom stereocenters. The van der Waals surface area contributed by atoms with Crippen LogP contribution < -0.4 is 10.1 Å². The number of nitrogens with one attached hydrogen (secondary N) is 3. The molecule has 32 heavy (non-hydrogen) atoms. The fraction of sp³-hybridized carbons (Fsp3) is 0.174. The van der Waals surface area contributed by atoms with E-state index >= 15 is 0 Å². The lowest BCUT2D eigenvalue weighted by molar-refractivity contribution is 0.199. The predicted octanol–water partition coefficient (Wildman–Crippen LogP) is 3.66. The SMILES string of the molecule is Cc1ccc2[nH]c3c(ccc4c5cc(OC(=O)NCCC[Si](O)(O)O)ccc5[nH]c43)c2c1. The number of aromatic amines is 2. The number of aromatic nitrogens is 2. The highest BCUT2D eigenvalue weighted by Crippen LogP contribution is 2.36. The Morgan fingerprint density at radius 3 is 2.19 bits per heavy atom. The fourth-order valence-corrected chi connectivity index (χ4v) is 4.80. The molecule has 5 aromatic rings. The average Bonchev–Trinajstić information content (AvgIpc) is 3.28. The molecule has 2 heterocycles. The summed E-state index contributed by atoms with van der Waals surface area (Å²) in [6.45, 7) is 2.25. The van der Waals surface area contributed by atoms with Gasteiger partial charge < -0.3 is 34.4 Å². The second kappa shape index (κ2) is 7.64. The van der Waals surface area contributed by atoms with Crippen molar-refractivity contribution in [3.63, 3.8) is 0 Å². The average molecular weight is 450 g/mol. The number of ether oxygens (including phenoxy) is 1. The van der Waals surface area contributed by atoms with Crippen molar-refractivity contribution < 1.29 is 23.9 Å². The van der Waals surface area contributed by atoms with E-state index in [1.165, 1.54) is 10.9 Å². The van der Waals surface area contributed by atoms with Gasteiger partial charge in [0.15, 0.2) is 0 Å². The van der Waals surface area contributed by atoms with Crippen molar-refractivity contribution in [2.75, 3.05) is 6.54 Å². The molecule has 0 unspecified atom stereocenters. The molecule has 0 aliphatic heterocycles. The number of hydrogen-bond donors (Lipinski definition) is 6. The zero-order valence-electron chi connectivity index (χ0n) is 17.4. The highest BCUT2D eigenvalue weighted by molar-refractivity contribution is 6.56. The van der Waals surface area contributed by atoms with Gasteiger partial charge in [-0.2, -0.15) is 0 Å². The Morgan fingerprint density at radius 1 is 0.906 bits per heavy atom. The van der Waals surface area contributed by atoms with Crippen molar-refractivity contribution in [1.82, 2.24) is 15.3 Å². The van der Waals surface area contributed by atoms with E-state index in [-0.39, 0.29) is 19.0 Å². The third-order valence-electron chi connectivity index (χ3n) is 5.64. The van der Waals surface area contributed by atoms with E-state index in [1.54, 1.807) is 6.07 Å². The van der Waals surface area contributed by atoms with Crippen LogP contribution in [0, 0.1) is 6.92 Å². The number of carbonyl (C=O) groups is 1. The van der Waals surface area contributed by atoms with Gasteiger partial charge in [-0.3, -0.25) is 0 Å². The molecule has 0 spiro atoms. The maximum atomic E-state index is 12.1. The van der Waals surface area contributed by atoms with Gasteiger partial charge in [0, 0.05) is 45.2 Å². The Hall–Kier alpha value is -3.37. The molecule has 0 bridgehead atoms. The maximum Gasteiger partial charge on any atom is 0.492 e. The smallest absolute Gasteiger partial charge is 0.410 e. The molecular weight excluding hydrogens is 426 g/mol. The molecule has 8 nitrogen and oxygen atoms in total. The van der Waals surface area contributed by atoms with E-state index in [4.69, 9.17) is 19.1 Å². The van der Waals surface area contributed by atoms with Crippen LogP contribution in [0.3, 0.4) is 0 Å². The van der Waals surface area contributed by atoms with E-state index in [0.717, 1.165) is 38.2 Å². The number of H-pyrrole nitrogens is 2. The monoisotopic (exact) mass is 449 g/mol. The lowest BCUT2D eigenvalue weighted by atomic mass is 10.1. The van der Waals surface area contributed by atoms with Gasteiger partial charge in [0.25, 0.3) is 0 Å². The largest absolute Gasteiger partial charge is 0.492 e. The van der Waals surface area contributed by atoms with Crippen LogP contribution in [0.4, 0.5) is 4.79 Å². The molecule has 1 amide bonds. The van der Waals surface area contributed by atoms with Crippen molar-refractivity contribution in [2.24, 2.45) is 0 Å². The van der Waals surface area contributed by atoms with Crippen molar-refractivity contribution in [2.45, 2.75) is 19.4 Å². The molecule has 0 aliphatic carbocycles. The summed E-state index contributed by atoms with van der Waals surface area (Å²) in [6, 6.07) is 15.8. The molecule has 2 aromatic heterocycles. The van der Waals surface area contributed by atoms with Crippen LogP contribution in [0.25, 0.3) is 43.6 Å². The minimum absolute atomic E-state index is 0.142. The first-order valence-electron chi connectivity index (χ1n) is 10.4. The summed E-state index contributed by atoms with van der Waals surface area (Å²) in [7, 11) is -4.08. The summed E-state index contributed by atoms with van der Waals surface area (Å²) in [6.07, 6.45) is -0.398. The molecule has 0 radical (unpaired) electrons. The summed E-state index contributed by atoms with van der Waals surface area (Å²) in [4.78, 5) is 46.1. The van der Waals surface area contributed by atoms with E-state index in [0.29, 0.717) is 5.75 Å². The maximum absolute atomic E-state index is 12.1. The lowest BCUT2D eigenvalue weighted by Gasteiger charge is -2.10. The van der Waals surface area contributed by atoms with Gasteiger partial charge in [0.1, 0.15) is 5.75 Å². The molecule has 0 saturated heterocycles. The van der Waals surface area contributed by atoms with E-state index in [1.807, 2.05) is 12.1 Å². The Kier molecular flexibility index (Phi) is 4.90. The van der Waals surface area contributed by atoms with Crippen LogP contribution in [0.1, 0.15) is 12.0 Å². The van der Waals surface area contributed by atoms with Crippen LogP contribution in [0.15, 0.2) is 48.5 Å². The van der Waals surface area contributed by atoms with Crippen LogP contribution >= 0.6 is 0 Å². The van der Waals surface area contributed by atoms with Gasteiger partial charge in [0.05, 0.1) is 11.0 Å². The number of aryl methyl sites for hydroxylation is 1. The number of carbonyl (C=O) groups excluding carboxylic acids is 1. The number of fused-ring (bicyclic) bond motifs is 7. The van der Waals surface area contributed by atoms with Crippen molar-refractivity contribution in [1.29, 1.82) is 0 Å². The fourth-order valence-electron chi connectivity index (χ4n) is 4.15. The molecule has 5 rings (SSSR count). The number of hydrogen-bond acceptors (Lipinski definition) is 5. The molecule has 3 aromatic carbocycles. The first-order chi connectivity index (χ1) is 15.3. The van der Waals surface area contributed by atoms with Crippen molar-refractivity contribution >= 4 is 58.5 Å². The number of benzene rings is 3. The minimum atomic E-state index is -4.08. The van der Waals surface area contributed by atoms with E-state index in [2.05, 4.69) is 52.5 Å². The van der Waals surface area contributed by atoms with Gasteiger partial charge in [-0.15, -0.1) is 0 Å². The highest BCUT2D eigenvalue weighted by atomic mass is 28.4. The third kappa shape index (κ3) is 3.82. The molecule has 0 aliphatic rings. The second-order valence-corrected chi connectivity index (χ2v) is 10.2. The first-order valence-corrected chi connectivity index (χ1v) is 12.4. The first kappa shape index (κ1) is 20.5. The van der Waals surface area contributed by atoms with E-state index < -0.39 is 14.9 Å². The Labute approximate surface area is 183 Å². The third-order valence-corrected chi connectivity index (χ3v) is 6.66. The number of rotatable bonds is 5. The second-order valence-electron chi connectivity index (χ2n) is 8.11. The highest BCUT2D eigenvalue weighted by Gasteiger charge is 2.25. The van der Waals surface area contributed by atoms with Crippen LogP contribution in [-0.4, -0.2) is 45.8 Å². The Balaban J connectivity index is 1.43. The summed E-state index contributed by atoms with van der Waals surface area (Å²) < 4.78 is 5.37. The normalized spacial score (nSPS) is 12.2. The summed E-state index contributed by atoms with van der Waals surface area (Å²) in [5, 5.41) is 6.85. The van der Waals surface area contributed by atoms with Gasteiger partial charge in [0.2, 0.25) is 0 Å². The topological polar surface area (TPSA) is 131 Å². The molecular formula is C23H23N3O5Si. The minimum Gasteiger partial charge on any atom is -0.410 e. The summed E-state index contributed by atoms with van der Waals surface area (Å²) >= 11 is 0. The zero-order chi connectivity index (χ0) is 22.5. The molecule has 0 fully saturated rings. The standard InChI is InChI=1S/C23H23N3O5Si/c1-13-3-7-19-17(11-13)15-5-6-16-18-12-14(4-8-20(18)26-22(16)21(15)25-19)31-23(27)24-9-2-10-32(28,29)30/h3-8,11-12,25-26,28-30H,2,9-10H2,1H3,(H,24,27). The summed E-state index contributed by atoms with van der Waals surface area (Å²) in [5.41, 5.74) is 5.26. The molecule has 9 heteroatoms. The predicted molar refractivity (Wildman–Crippen MR) is 126 cm³/mol. The number of amides is 1.